The number of rotatable bonds is 4. The number of aldehydes is 1. The van der Waals surface area contributed by atoms with Crippen LogP contribution in [0.5, 0.6) is 5.75 Å². The number of benzene rings is 1. The van der Waals surface area contributed by atoms with Crippen LogP contribution in [0, 0.1) is 5.92 Å². The first-order valence-electron chi connectivity index (χ1n) is 5.71. The van der Waals surface area contributed by atoms with E-state index in [2.05, 4.69) is 12.2 Å². The SMILES string of the molecule is O=Cc1ccc(OCC2CC=CCC2)cc1. The zero-order valence-corrected chi connectivity index (χ0v) is 9.26. The Labute approximate surface area is 95.9 Å². The van der Waals surface area contributed by atoms with Gasteiger partial charge in [-0.2, -0.15) is 0 Å². The van der Waals surface area contributed by atoms with Gasteiger partial charge in [0.05, 0.1) is 6.61 Å². The van der Waals surface area contributed by atoms with Crippen LogP contribution >= 0.6 is 0 Å². The lowest BCUT2D eigenvalue weighted by Crippen LogP contribution is -2.13. The van der Waals surface area contributed by atoms with Crippen LogP contribution in [0.1, 0.15) is 29.6 Å². The third-order valence-corrected chi connectivity index (χ3v) is 2.88. The molecule has 0 fully saturated rings. The Hall–Kier alpha value is -1.57. The Bertz CT molecular complexity index is 365. The van der Waals surface area contributed by atoms with Gasteiger partial charge >= 0.3 is 0 Å². The Balaban J connectivity index is 1.84. The molecule has 2 nitrogen and oxygen atoms in total. The maximum atomic E-state index is 10.5. The van der Waals surface area contributed by atoms with E-state index in [1.54, 1.807) is 12.1 Å². The van der Waals surface area contributed by atoms with Gasteiger partial charge in [-0.3, -0.25) is 4.79 Å². The normalized spacial score (nSPS) is 19.4. The van der Waals surface area contributed by atoms with Gasteiger partial charge in [0, 0.05) is 5.56 Å². The second kappa shape index (κ2) is 5.50. The van der Waals surface area contributed by atoms with Crippen LogP contribution in [0.2, 0.25) is 0 Å². The average Bonchev–Trinajstić information content (AvgIpc) is 2.38. The molecule has 0 N–H and O–H groups in total. The smallest absolute Gasteiger partial charge is 0.150 e. The van der Waals surface area contributed by atoms with Gasteiger partial charge in [-0.15, -0.1) is 0 Å². The highest BCUT2D eigenvalue weighted by molar-refractivity contribution is 5.74. The van der Waals surface area contributed by atoms with Gasteiger partial charge in [0.15, 0.2) is 0 Å². The molecule has 0 spiro atoms. The minimum Gasteiger partial charge on any atom is -0.493 e. The second-order valence-electron chi connectivity index (χ2n) is 4.15. The molecule has 2 heteroatoms. The molecule has 2 rings (SSSR count). The lowest BCUT2D eigenvalue weighted by atomic mass is 9.95. The lowest BCUT2D eigenvalue weighted by Gasteiger charge is -2.18. The highest BCUT2D eigenvalue weighted by Gasteiger charge is 2.10. The Morgan fingerprint density at radius 3 is 2.69 bits per heavy atom. The molecule has 0 aromatic heterocycles. The summed E-state index contributed by atoms with van der Waals surface area (Å²) in [7, 11) is 0. The summed E-state index contributed by atoms with van der Waals surface area (Å²) in [5.74, 6) is 1.48. The molecule has 84 valence electrons. The van der Waals surface area contributed by atoms with Crippen molar-refractivity contribution in [3.8, 4) is 5.75 Å². The van der Waals surface area contributed by atoms with Crippen LogP contribution in [-0.4, -0.2) is 12.9 Å². The second-order valence-corrected chi connectivity index (χ2v) is 4.15. The molecule has 1 unspecified atom stereocenters. The summed E-state index contributed by atoms with van der Waals surface area (Å²) >= 11 is 0. The quantitative estimate of drug-likeness (QED) is 0.570. The van der Waals surface area contributed by atoms with Gasteiger partial charge in [-0.25, -0.2) is 0 Å². The van der Waals surface area contributed by atoms with E-state index < -0.39 is 0 Å². The molecular weight excluding hydrogens is 200 g/mol. The van der Waals surface area contributed by atoms with Crippen LogP contribution in [0.4, 0.5) is 0 Å². The van der Waals surface area contributed by atoms with E-state index in [9.17, 15) is 4.79 Å². The van der Waals surface area contributed by atoms with Crippen molar-refractivity contribution < 1.29 is 9.53 Å². The molecule has 0 bridgehead atoms. The van der Waals surface area contributed by atoms with Crippen molar-refractivity contribution in [3.05, 3.63) is 42.0 Å². The summed E-state index contributed by atoms with van der Waals surface area (Å²) in [5.41, 5.74) is 0.688. The fourth-order valence-corrected chi connectivity index (χ4v) is 1.86. The first-order chi connectivity index (χ1) is 7.88. The Kier molecular flexibility index (Phi) is 3.76. The summed E-state index contributed by atoms with van der Waals surface area (Å²) < 4.78 is 5.70. The summed E-state index contributed by atoms with van der Waals surface area (Å²) in [4.78, 5) is 10.5. The molecule has 1 aliphatic rings. The van der Waals surface area contributed by atoms with Crippen LogP contribution in [-0.2, 0) is 0 Å². The van der Waals surface area contributed by atoms with Crippen molar-refractivity contribution in [3.63, 3.8) is 0 Å². The molecule has 1 atom stereocenters. The lowest BCUT2D eigenvalue weighted by molar-refractivity contribution is 0.112. The van der Waals surface area contributed by atoms with E-state index >= 15 is 0 Å². The molecule has 16 heavy (non-hydrogen) atoms. The average molecular weight is 216 g/mol. The number of carbonyl (C=O) groups excluding carboxylic acids is 1. The molecule has 0 saturated heterocycles. The molecule has 1 aliphatic carbocycles. The van der Waals surface area contributed by atoms with Gasteiger partial charge in [-0.1, -0.05) is 12.2 Å². The highest BCUT2D eigenvalue weighted by atomic mass is 16.5. The predicted octanol–water partition coefficient (Wildman–Crippen LogP) is 3.23. The van der Waals surface area contributed by atoms with Crippen molar-refractivity contribution in [2.45, 2.75) is 19.3 Å². The van der Waals surface area contributed by atoms with Crippen molar-refractivity contribution in [1.29, 1.82) is 0 Å². The molecular formula is C14H16O2. The maximum Gasteiger partial charge on any atom is 0.150 e. The summed E-state index contributed by atoms with van der Waals surface area (Å²) in [6.45, 7) is 0.769. The molecule has 0 radical (unpaired) electrons. The Morgan fingerprint density at radius 2 is 2.06 bits per heavy atom. The topological polar surface area (TPSA) is 26.3 Å². The summed E-state index contributed by atoms with van der Waals surface area (Å²) in [6, 6.07) is 7.26. The third-order valence-electron chi connectivity index (χ3n) is 2.88. The van der Waals surface area contributed by atoms with Gasteiger partial charge in [-0.05, 0) is 49.4 Å². The fraction of sp³-hybridized carbons (Fsp3) is 0.357. The number of hydrogen-bond acceptors (Lipinski definition) is 2. The summed E-state index contributed by atoms with van der Waals surface area (Å²) in [6.07, 6.45) is 8.80. The number of hydrogen-bond donors (Lipinski definition) is 0. The maximum absolute atomic E-state index is 10.5. The third kappa shape index (κ3) is 2.96. The minimum atomic E-state index is 0.635. The number of ether oxygens (including phenoxy) is 1. The van der Waals surface area contributed by atoms with Crippen molar-refractivity contribution in [2.24, 2.45) is 5.92 Å². The fourth-order valence-electron chi connectivity index (χ4n) is 1.86. The van der Waals surface area contributed by atoms with Crippen LogP contribution in [0.25, 0.3) is 0 Å². The standard InChI is InChI=1S/C14H16O2/c15-10-12-6-8-14(9-7-12)16-11-13-4-2-1-3-5-13/h1-2,6-10,13H,3-5,11H2. The molecule has 0 saturated carbocycles. The number of carbonyl (C=O) groups is 1. The van der Waals surface area contributed by atoms with Crippen LogP contribution in [0.3, 0.4) is 0 Å². The minimum absolute atomic E-state index is 0.635. The Morgan fingerprint density at radius 1 is 1.25 bits per heavy atom. The van der Waals surface area contributed by atoms with E-state index in [1.165, 1.54) is 6.42 Å². The molecule has 1 aromatic rings. The van der Waals surface area contributed by atoms with Crippen LogP contribution in [0.15, 0.2) is 36.4 Å². The van der Waals surface area contributed by atoms with Crippen molar-refractivity contribution in [1.82, 2.24) is 0 Å². The molecule has 0 aliphatic heterocycles. The van der Waals surface area contributed by atoms with E-state index in [4.69, 9.17) is 4.74 Å². The van der Waals surface area contributed by atoms with Crippen molar-refractivity contribution in [2.75, 3.05) is 6.61 Å². The van der Waals surface area contributed by atoms with Gasteiger partial charge in [0.2, 0.25) is 0 Å². The predicted molar refractivity (Wildman–Crippen MR) is 63.8 cm³/mol. The monoisotopic (exact) mass is 216 g/mol. The summed E-state index contributed by atoms with van der Waals surface area (Å²) in [5, 5.41) is 0. The largest absolute Gasteiger partial charge is 0.493 e. The number of allylic oxidation sites excluding steroid dienone is 2. The van der Waals surface area contributed by atoms with Crippen LogP contribution < -0.4 is 4.74 Å². The van der Waals surface area contributed by atoms with Gasteiger partial charge in [0.1, 0.15) is 12.0 Å². The first-order valence-corrected chi connectivity index (χ1v) is 5.71. The van der Waals surface area contributed by atoms with E-state index in [1.807, 2.05) is 12.1 Å². The van der Waals surface area contributed by atoms with E-state index in [0.29, 0.717) is 11.5 Å². The zero-order chi connectivity index (χ0) is 11.2. The van der Waals surface area contributed by atoms with Gasteiger partial charge in [0.25, 0.3) is 0 Å². The first kappa shape index (κ1) is 10.9. The molecule has 0 amide bonds. The zero-order valence-electron chi connectivity index (χ0n) is 9.26. The highest BCUT2D eigenvalue weighted by Crippen LogP contribution is 2.20. The van der Waals surface area contributed by atoms with E-state index in [0.717, 1.165) is 31.5 Å². The van der Waals surface area contributed by atoms with Crippen molar-refractivity contribution >= 4 is 6.29 Å². The molecule has 0 heterocycles. The van der Waals surface area contributed by atoms with Gasteiger partial charge < -0.3 is 4.74 Å². The van der Waals surface area contributed by atoms with E-state index in [-0.39, 0.29) is 0 Å². The molecule has 1 aromatic carbocycles.